The molecule has 0 N–H and O–H groups in total. The molecule has 5 rings (SSSR count). The van der Waals surface area contributed by atoms with Crippen molar-refractivity contribution in [1.82, 2.24) is 4.90 Å². The third-order valence-electron chi connectivity index (χ3n) is 6.73. The van der Waals surface area contributed by atoms with E-state index in [2.05, 4.69) is 18.7 Å². The van der Waals surface area contributed by atoms with Gasteiger partial charge in [0.15, 0.2) is 5.78 Å². The number of likely N-dealkylation sites (tertiary alicyclic amines) is 1. The van der Waals surface area contributed by atoms with E-state index < -0.39 is 17.9 Å². The molecule has 3 aliphatic heterocycles. The topological polar surface area (TPSA) is 57.7 Å². The minimum absolute atomic E-state index is 0.126. The number of aryl methyl sites for hydroxylation is 1. The van der Waals surface area contributed by atoms with Crippen LogP contribution in [0.5, 0.6) is 0 Å². The van der Waals surface area contributed by atoms with Gasteiger partial charge in [-0.25, -0.2) is 0 Å². The van der Waals surface area contributed by atoms with Crippen LogP contribution in [0, 0.1) is 18.8 Å². The lowest BCUT2D eigenvalue weighted by Crippen LogP contribution is -2.49. The van der Waals surface area contributed by atoms with Crippen molar-refractivity contribution in [3.05, 3.63) is 84.0 Å². The third kappa shape index (κ3) is 2.73. The summed E-state index contributed by atoms with van der Waals surface area (Å²) in [6.07, 6.45) is 3.61. The second kappa shape index (κ2) is 7.05. The van der Waals surface area contributed by atoms with E-state index in [1.165, 1.54) is 4.90 Å². The predicted molar refractivity (Wildman–Crippen MR) is 120 cm³/mol. The normalized spacial score (nSPS) is 26.3. The zero-order chi connectivity index (χ0) is 21.9. The lowest BCUT2D eigenvalue weighted by Gasteiger charge is -2.38. The van der Waals surface area contributed by atoms with Crippen molar-refractivity contribution in [3.63, 3.8) is 0 Å². The molecule has 3 aliphatic rings. The Morgan fingerprint density at radius 1 is 1.03 bits per heavy atom. The van der Waals surface area contributed by atoms with E-state index >= 15 is 0 Å². The maximum absolute atomic E-state index is 13.8. The number of carbonyl (C=O) groups excluding carboxylic acids is 3. The molecule has 0 spiro atoms. The summed E-state index contributed by atoms with van der Waals surface area (Å²) < 4.78 is 0. The SMILES string of the molecule is C=CCN1C(=O)[C@@H]2[C@H](C1=O)[C@@H]1C=C(C)c3cc(C)ccc3N1[C@H]2C(=O)c1ccccc1. The lowest BCUT2D eigenvalue weighted by molar-refractivity contribution is -0.139. The van der Waals surface area contributed by atoms with Crippen LogP contribution < -0.4 is 4.90 Å². The molecule has 0 bridgehead atoms. The number of Topliss-reactive ketones (excluding diaryl/α,β-unsaturated/α-hetero) is 1. The highest BCUT2D eigenvalue weighted by atomic mass is 16.2. The quantitative estimate of drug-likeness (QED) is 0.437. The van der Waals surface area contributed by atoms with Crippen molar-refractivity contribution in [2.45, 2.75) is 25.9 Å². The fourth-order valence-electron chi connectivity index (χ4n) is 5.40. The van der Waals surface area contributed by atoms with Crippen LogP contribution in [0.1, 0.15) is 28.4 Å². The average molecular weight is 412 g/mol. The molecule has 2 fully saturated rings. The summed E-state index contributed by atoms with van der Waals surface area (Å²) in [7, 11) is 0. The largest absolute Gasteiger partial charge is 0.352 e. The Morgan fingerprint density at radius 3 is 2.45 bits per heavy atom. The summed E-state index contributed by atoms with van der Waals surface area (Å²) >= 11 is 0. The molecular formula is C26H24N2O3. The number of fused-ring (bicyclic) bond motifs is 5. The number of carbonyl (C=O) groups is 3. The summed E-state index contributed by atoms with van der Waals surface area (Å²) in [4.78, 5) is 43.7. The van der Waals surface area contributed by atoms with E-state index in [0.29, 0.717) is 5.56 Å². The first-order valence-electron chi connectivity index (χ1n) is 10.6. The van der Waals surface area contributed by atoms with Crippen molar-refractivity contribution in [2.75, 3.05) is 11.4 Å². The van der Waals surface area contributed by atoms with Gasteiger partial charge in [0.25, 0.3) is 0 Å². The number of hydrogen-bond acceptors (Lipinski definition) is 4. The number of nitrogens with zero attached hydrogens (tertiary/aromatic N) is 2. The molecule has 156 valence electrons. The van der Waals surface area contributed by atoms with Crippen LogP contribution >= 0.6 is 0 Å². The highest BCUT2D eigenvalue weighted by molar-refractivity contribution is 6.14. The first-order valence-corrected chi connectivity index (χ1v) is 10.6. The van der Waals surface area contributed by atoms with Crippen molar-refractivity contribution >= 4 is 28.9 Å². The van der Waals surface area contributed by atoms with Crippen LogP contribution in [0.4, 0.5) is 5.69 Å². The number of rotatable bonds is 4. The van der Waals surface area contributed by atoms with Gasteiger partial charge < -0.3 is 4.90 Å². The standard InChI is InChI=1S/C26H24N2O3/c1-4-12-27-25(30)21-20-14-16(3)18-13-15(2)10-11-19(18)28(20)23(22(21)26(27)31)24(29)17-8-6-5-7-9-17/h4-11,13-14,20-23H,1,12H2,2-3H3/t20-,21+,22+,23+/m0/s1. The van der Waals surface area contributed by atoms with Crippen LogP contribution in [0.15, 0.2) is 67.3 Å². The van der Waals surface area contributed by atoms with Gasteiger partial charge in [0.2, 0.25) is 11.8 Å². The molecule has 0 aliphatic carbocycles. The molecule has 3 heterocycles. The summed E-state index contributed by atoms with van der Waals surface area (Å²) in [5.41, 5.74) is 4.70. The first kappa shape index (κ1) is 19.5. The number of imide groups is 1. The number of hydrogen-bond donors (Lipinski definition) is 0. The fraction of sp³-hybridized carbons (Fsp3) is 0.269. The van der Waals surface area contributed by atoms with E-state index in [1.54, 1.807) is 18.2 Å². The zero-order valence-corrected chi connectivity index (χ0v) is 17.6. The number of ketones is 1. The van der Waals surface area contributed by atoms with Gasteiger partial charge in [-0.3, -0.25) is 19.3 Å². The molecule has 2 aromatic rings. The maximum atomic E-state index is 13.8. The Balaban J connectivity index is 1.70. The van der Waals surface area contributed by atoms with E-state index in [4.69, 9.17) is 0 Å². The molecule has 2 saturated heterocycles. The number of benzene rings is 2. The molecule has 2 aromatic carbocycles. The maximum Gasteiger partial charge on any atom is 0.236 e. The zero-order valence-electron chi connectivity index (χ0n) is 17.6. The molecular weight excluding hydrogens is 388 g/mol. The van der Waals surface area contributed by atoms with Crippen molar-refractivity contribution in [2.24, 2.45) is 11.8 Å². The molecule has 2 amide bonds. The Labute approximate surface area is 181 Å². The minimum atomic E-state index is -0.727. The molecule has 4 atom stereocenters. The van der Waals surface area contributed by atoms with Crippen LogP contribution in [-0.4, -0.2) is 41.1 Å². The Kier molecular flexibility index (Phi) is 4.43. The van der Waals surface area contributed by atoms with Crippen LogP contribution in [0.3, 0.4) is 0 Å². The van der Waals surface area contributed by atoms with E-state index in [0.717, 1.165) is 22.4 Å². The van der Waals surface area contributed by atoms with Crippen molar-refractivity contribution in [1.29, 1.82) is 0 Å². The summed E-state index contributed by atoms with van der Waals surface area (Å²) in [5.74, 6) is -1.90. The molecule has 0 saturated carbocycles. The van der Waals surface area contributed by atoms with Gasteiger partial charge in [0.05, 0.1) is 17.9 Å². The minimum Gasteiger partial charge on any atom is -0.352 e. The van der Waals surface area contributed by atoms with Crippen LogP contribution in [-0.2, 0) is 9.59 Å². The van der Waals surface area contributed by atoms with Gasteiger partial charge in [-0.05, 0) is 31.6 Å². The highest BCUT2D eigenvalue weighted by Crippen LogP contribution is 2.50. The van der Waals surface area contributed by atoms with E-state index in [9.17, 15) is 14.4 Å². The molecule has 0 aromatic heterocycles. The van der Waals surface area contributed by atoms with Gasteiger partial charge in [-0.15, -0.1) is 6.58 Å². The second-order valence-corrected chi connectivity index (χ2v) is 8.57. The van der Waals surface area contributed by atoms with Crippen molar-refractivity contribution < 1.29 is 14.4 Å². The first-order chi connectivity index (χ1) is 14.9. The van der Waals surface area contributed by atoms with E-state index in [-0.39, 0.29) is 30.2 Å². The molecule has 31 heavy (non-hydrogen) atoms. The third-order valence-corrected chi connectivity index (χ3v) is 6.73. The predicted octanol–water partition coefficient (Wildman–Crippen LogP) is 3.64. The average Bonchev–Trinajstić information content (AvgIpc) is 3.23. The molecule has 5 heteroatoms. The highest BCUT2D eigenvalue weighted by Gasteiger charge is 2.64. The lowest BCUT2D eigenvalue weighted by atomic mass is 9.85. The van der Waals surface area contributed by atoms with Gasteiger partial charge >= 0.3 is 0 Å². The molecule has 5 nitrogen and oxygen atoms in total. The summed E-state index contributed by atoms with van der Waals surface area (Å²) in [6.45, 7) is 7.91. The molecule has 0 radical (unpaired) electrons. The van der Waals surface area contributed by atoms with E-state index in [1.807, 2.05) is 49.1 Å². The Hall–Kier alpha value is -3.47. The summed E-state index contributed by atoms with van der Waals surface area (Å²) in [5, 5.41) is 0. The monoisotopic (exact) mass is 412 g/mol. The Morgan fingerprint density at radius 2 is 1.74 bits per heavy atom. The van der Waals surface area contributed by atoms with Crippen molar-refractivity contribution in [3.8, 4) is 0 Å². The van der Waals surface area contributed by atoms with Gasteiger partial charge in [-0.2, -0.15) is 0 Å². The molecule has 0 unspecified atom stereocenters. The van der Waals surface area contributed by atoms with Gasteiger partial charge in [0, 0.05) is 23.4 Å². The van der Waals surface area contributed by atoms with Gasteiger partial charge in [0.1, 0.15) is 6.04 Å². The fourth-order valence-corrected chi connectivity index (χ4v) is 5.40. The summed E-state index contributed by atoms with van der Waals surface area (Å²) in [6, 6.07) is 14.1. The Bertz CT molecular complexity index is 1150. The van der Waals surface area contributed by atoms with Crippen LogP contribution in [0.2, 0.25) is 0 Å². The van der Waals surface area contributed by atoms with Gasteiger partial charge in [-0.1, -0.05) is 54.1 Å². The second-order valence-electron chi connectivity index (χ2n) is 8.57. The number of amides is 2. The number of allylic oxidation sites excluding steroid dienone is 1. The van der Waals surface area contributed by atoms with Crippen LogP contribution in [0.25, 0.3) is 5.57 Å². The smallest absolute Gasteiger partial charge is 0.236 e. The number of anilines is 1.